The van der Waals surface area contributed by atoms with Crippen LogP contribution < -0.4 is 0 Å². The van der Waals surface area contributed by atoms with E-state index in [4.69, 9.17) is 4.74 Å². The van der Waals surface area contributed by atoms with Gasteiger partial charge >= 0.3 is 0 Å². The van der Waals surface area contributed by atoms with Crippen molar-refractivity contribution in [3.63, 3.8) is 0 Å². The molecule has 2 nitrogen and oxygen atoms in total. The van der Waals surface area contributed by atoms with Crippen LogP contribution >= 0.6 is 0 Å². The van der Waals surface area contributed by atoms with E-state index in [9.17, 15) is 4.39 Å². The average molecular weight is 360 g/mol. The number of hydrogen-bond donors (Lipinski definition) is 0. The van der Waals surface area contributed by atoms with Crippen molar-refractivity contribution in [2.24, 2.45) is 17.3 Å². The van der Waals surface area contributed by atoms with Gasteiger partial charge in [0.15, 0.2) is 0 Å². The van der Waals surface area contributed by atoms with Crippen molar-refractivity contribution in [2.45, 2.75) is 70.9 Å². The molecule has 0 radical (unpaired) electrons. The van der Waals surface area contributed by atoms with Gasteiger partial charge in [0.25, 0.3) is 0 Å². The van der Waals surface area contributed by atoms with Gasteiger partial charge in [0.05, 0.1) is 12.7 Å². The van der Waals surface area contributed by atoms with Crippen LogP contribution in [0, 0.1) is 23.1 Å². The highest BCUT2D eigenvalue weighted by Crippen LogP contribution is 2.50. The smallest absolute Gasteiger partial charge is 0.123 e. The molecule has 3 fully saturated rings. The van der Waals surface area contributed by atoms with Crippen LogP contribution in [0.3, 0.4) is 0 Å². The van der Waals surface area contributed by atoms with E-state index in [2.05, 4.69) is 18.7 Å². The number of likely N-dealkylation sites (tertiary alicyclic amines) is 1. The molecule has 2 aliphatic heterocycles. The van der Waals surface area contributed by atoms with Gasteiger partial charge in [-0.2, -0.15) is 0 Å². The minimum atomic E-state index is -0.165. The molecule has 1 aromatic carbocycles. The summed E-state index contributed by atoms with van der Waals surface area (Å²) in [5.41, 5.74) is 1.50. The van der Waals surface area contributed by atoms with Crippen molar-refractivity contribution < 1.29 is 9.13 Å². The van der Waals surface area contributed by atoms with E-state index in [0.717, 1.165) is 18.2 Å². The molecule has 144 valence electrons. The highest BCUT2D eigenvalue weighted by molar-refractivity contribution is 5.20. The topological polar surface area (TPSA) is 12.5 Å². The minimum absolute atomic E-state index is 0.120. The number of nitrogens with zero attached hydrogens (tertiary/aromatic N) is 1. The summed E-state index contributed by atoms with van der Waals surface area (Å²) in [6.45, 7) is 8.01. The molecular formula is C23H34FNO. The summed E-state index contributed by atoms with van der Waals surface area (Å²) in [5.74, 6) is 0.934. The predicted molar refractivity (Wildman–Crippen MR) is 104 cm³/mol. The van der Waals surface area contributed by atoms with E-state index in [0.29, 0.717) is 17.3 Å². The van der Waals surface area contributed by atoms with Crippen molar-refractivity contribution in [3.8, 4) is 0 Å². The molecule has 2 atom stereocenters. The summed E-state index contributed by atoms with van der Waals surface area (Å²) in [4.78, 5) is 2.76. The molecule has 0 unspecified atom stereocenters. The van der Waals surface area contributed by atoms with E-state index in [1.54, 1.807) is 12.1 Å². The average Bonchev–Trinajstić information content (AvgIpc) is 3.18. The maximum absolute atomic E-state index is 13.3. The fraction of sp³-hybridized carbons (Fsp3) is 0.739. The number of benzene rings is 1. The van der Waals surface area contributed by atoms with Crippen molar-refractivity contribution >= 4 is 0 Å². The van der Waals surface area contributed by atoms with Gasteiger partial charge in [-0.3, -0.25) is 0 Å². The third kappa shape index (κ3) is 3.71. The quantitative estimate of drug-likeness (QED) is 0.698. The van der Waals surface area contributed by atoms with Crippen LogP contribution in [0.1, 0.15) is 70.5 Å². The Hall–Kier alpha value is -0.930. The molecule has 1 spiro atoms. The van der Waals surface area contributed by atoms with Gasteiger partial charge in [-0.1, -0.05) is 38.8 Å². The molecule has 1 aliphatic carbocycles. The predicted octanol–water partition coefficient (Wildman–Crippen LogP) is 5.58. The lowest BCUT2D eigenvalue weighted by molar-refractivity contribution is -0.133. The molecule has 1 aromatic rings. The van der Waals surface area contributed by atoms with Gasteiger partial charge in [0, 0.05) is 6.04 Å². The molecule has 4 rings (SSSR count). The Kier molecular flexibility index (Phi) is 5.38. The first-order chi connectivity index (χ1) is 12.6. The first-order valence-electron chi connectivity index (χ1n) is 10.7. The SMILES string of the molecule is CC(C)[C@H]1CC2(CCN(C3CCCC3)CC2)CO[C@@H]1c1ccc(F)cc1. The molecule has 3 aliphatic rings. The molecule has 0 amide bonds. The summed E-state index contributed by atoms with van der Waals surface area (Å²) >= 11 is 0. The Morgan fingerprint density at radius 2 is 1.73 bits per heavy atom. The van der Waals surface area contributed by atoms with Crippen molar-refractivity contribution in [1.29, 1.82) is 0 Å². The Balaban J connectivity index is 1.44. The second-order valence-corrected chi connectivity index (χ2v) is 9.37. The van der Waals surface area contributed by atoms with Crippen LogP contribution in [0.4, 0.5) is 4.39 Å². The molecule has 1 saturated carbocycles. The van der Waals surface area contributed by atoms with Crippen molar-refractivity contribution in [1.82, 2.24) is 4.90 Å². The van der Waals surface area contributed by atoms with Crippen LogP contribution in [0.5, 0.6) is 0 Å². The lowest BCUT2D eigenvalue weighted by atomic mass is 9.66. The normalized spacial score (nSPS) is 30.3. The van der Waals surface area contributed by atoms with Crippen LogP contribution in [-0.2, 0) is 4.74 Å². The summed E-state index contributed by atoms with van der Waals surface area (Å²) in [6.07, 6.45) is 9.59. The lowest BCUT2D eigenvalue weighted by Crippen LogP contribution is -2.49. The molecule has 0 aromatic heterocycles. The van der Waals surface area contributed by atoms with Crippen LogP contribution in [0.25, 0.3) is 0 Å². The summed E-state index contributed by atoms with van der Waals surface area (Å²) in [6, 6.07) is 7.82. The Bertz CT molecular complexity index is 585. The van der Waals surface area contributed by atoms with E-state index in [1.165, 1.54) is 58.0 Å². The zero-order chi connectivity index (χ0) is 18.1. The standard InChI is InChI=1S/C23H34FNO/c1-17(2)21-15-23(11-13-25(14-12-23)20-5-3-4-6-20)16-26-22(21)18-7-9-19(24)10-8-18/h7-10,17,20-22H,3-6,11-16H2,1-2H3/t21-,22-/m1/s1. The number of hydrogen-bond acceptors (Lipinski definition) is 2. The molecule has 0 N–H and O–H groups in total. The Labute approximate surface area is 158 Å². The first-order valence-corrected chi connectivity index (χ1v) is 10.7. The van der Waals surface area contributed by atoms with Gasteiger partial charge in [-0.15, -0.1) is 0 Å². The molecule has 3 heteroatoms. The lowest BCUT2D eigenvalue weighted by Gasteiger charge is -2.50. The fourth-order valence-electron chi connectivity index (χ4n) is 5.62. The van der Waals surface area contributed by atoms with E-state index in [-0.39, 0.29) is 11.9 Å². The molecular weight excluding hydrogens is 325 g/mol. The molecule has 26 heavy (non-hydrogen) atoms. The van der Waals surface area contributed by atoms with Crippen molar-refractivity contribution in [3.05, 3.63) is 35.6 Å². The van der Waals surface area contributed by atoms with E-state index >= 15 is 0 Å². The van der Waals surface area contributed by atoms with Gasteiger partial charge < -0.3 is 9.64 Å². The number of ether oxygens (including phenoxy) is 1. The molecule has 0 bridgehead atoms. The molecule has 2 heterocycles. The van der Waals surface area contributed by atoms with Crippen molar-refractivity contribution in [2.75, 3.05) is 19.7 Å². The Morgan fingerprint density at radius 1 is 1.08 bits per heavy atom. The highest BCUT2D eigenvalue weighted by Gasteiger charge is 2.45. The van der Waals surface area contributed by atoms with Gasteiger partial charge in [-0.25, -0.2) is 4.39 Å². The minimum Gasteiger partial charge on any atom is -0.373 e. The van der Waals surface area contributed by atoms with E-state index < -0.39 is 0 Å². The van der Waals surface area contributed by atoms with Gasteiger partial charge in [-0.05, 0) is 80.1 Å². The summed E-state index contributed by atoms with van der Waals surface area (Å²) in [7, 11) is 0. The van der Waals surface area contributed by atoms with E-state index in [1.807, 2.05) is 12.1 Å². The number of halogens is 1. The largest absolute Gasteiger partial charge is 0.373 e. The maximum Gasteiger partial charge on any atom is 0.123 e. The Morgan fingerprint density at radius 3 is 2.35 bits per heavy atom. The monoisotopic (exact) mass is 359 g/mol. The van der Waals surface area contributed by atoms with Crippen LogP contribution in [0.2, 0.25) is 0 Å². The van der Waals surface area contributed by atoms with Crippen LogP contribution in [-0.4, -0.2) is 30.6 Å². The molecule has 2 saturated heterocycles. The summed E-state index contributed by atoms with van der Waals surface area (Å²) in [5, 5.41) is 0. The second kappa shape index (κ2) is 7.59. The maximum atomic E-state index is 13.3. The highest BCUT2D eigenvalue weighted by atomic mass is 19.1. The third-order valence-corrected chi connectivity index (χ3v) is 7.38. The third-order valence-electron chi connectivity index (χ3n) is 7.38. The van der Waals surface area contributed by atoms with Gasteiger partial charge in [0.1, 0.15) is 5.82 Å². The second-order valence-electron chi connectivity index (χ2n) is 9.37. The zero-order valence-electron chi connectivity index (χ0n) is 16.4. The van der Waals surface area contributed by atoms with Crippen LogP contribution in [0.15, 0.2) is 24.3 Å². The first kappa shape index (κ1) is 18.4. The van der Waals surface area contributed by atoms with Gasteiger partial charge in [0.2, 0.25) is 0 Å². The number of rotatable bonds is 3. The fourth-order valence-corrected chi connectivity index (χ4v) is 5.62. The number of piperidine rings is 1. The zero-order valence-corrected chi connectivity index (χ0v) is 16.4. The summed E-state index contributed by atoms with van der Waals surface area (Å²) < 4.78 is 19.8.